The summed E-state index contributed by atoms with van der Waals surface area (Å²) >= 11 is 0. The molecule has 0 heterocycles. The minimum Gasteiger partial charge on any atom is -0.290 e. The number of hydrogen-bond donors (Lipinski definition) is 0. The van der Waals surface area contributed by atoms with Crippen molar-refractivity contribution in [2.24, 2.45) is 0 Å². The third kappa shape index (κ3) is 2.29. The molecule has 74 valence electrons. The second-order valence-electron chi connectivity index (χ2n) is 3.23. The Morgan fingerprint density at radius 1 is 0.800 bits per heavy atom. The summed E-state index contributed by atoms with van der Waals surface area (Å²) in [5, 5.41) is 0. The second kappa shape index (κ2) is 4.05. The van der Waals surface area contributed by atoms with Crippen molar-refractivity contribution >= 4 is 0 Å². The molecule has 0 N–H and O–H groups in total. The second-order valence-corrected chi connectivity index (χ2v) is 3.23. The summed E-state index contributed by atoms with van der Waals surface area (Å²) in [5.41, 5.74) is 1.58. The van der Waals surface area contributed by atoms with Gasteiger partial charge in [-0.1, -0.05) is 30.3 Å². The fourth-order valence-corrected chi connectivity index (χ4v) is 1.38. The van der Waals surface area contributed by atoms with Crippen LogP contribution in [-0.2, 0) is 0 Å². The fraction of sp³-hybridized carbons (Fsp3) is 0. The predicted octanol–water partition coefficient (Wildman–Crippen LogP) is 2.85. The molecular formula is C13H9FO. The van der Waals surface area contributed by atoms with Crippen molar-refractivity contribution in [2.45, 2.75) is 0 Å². The van der Waals surface area contributed by atoms with Crippen LogP contribution in [0.25, 0.3) is 11.1 Å². The Bertz CT molecular complexity index is 517. The molecule has 0 bridgehead atoms. The molecule has 0 aromatic heterocycles. The van der Waals surface area contributed by atoms with Crippen molar-refractivity contribution in [2.75, 3.05) is 0 Å². The number of halogens is 1. The lowest BCUT2D eigenvalue weighted by atomic mass is 10.1. The molecule has 0 aliphatic heterocycles. The van der Waals surface area contributed by atoms with Gasteiger partial charge in [0.25, 0.3) is 0 Å². The van der Waals surface area contributed by atoms with Crippen molar-refractivity contribution in [3.63, 3.8) is 0 Å². The lowest BCUT2D eigenvalue weighted by Gasteiger charge is -1.97. The SMILES string of the molecule is O=c1ccccc(-c2ccc(F)cc2)c1. The first-order valence-electron chi connectivity index (χ1n) is 4.62. The minimum atomic E-state index is -0.276. The van der Waals surface area contributed by atoms with Crippen LogP contribution in [0.4, 0.5) is 4.39 Å². The van der Waals surface area contributed by atoms with Gasteiger partial charge in [0.1, 0.15) is 5.82 Å². The van der Waals surface area contributed by atoms with Crippen LogP contribution >= 0.6 is 0 Å². The third-order valence-corrected chi connectivity index (χ3v) is 2.12. The van der Waals surface area contributed by atoms with Gasteiger partial charge in [-0.15, -0.1) is 0 Å². The first kappa shape index (κ1) is 9.59. The summed E-state index contributed by atoms with van der Waals surface area (Å²) in [7, 11) is 0. The molecular weight excluding hydrogens is 191 g/mol. The largest absolute Gasteiger partial charge is 0.290 e. The average molecular weight is 200 g/mol. The molecule has 0 atom stereocenters. The van der Waals surface area contributed by atoms with E-state index in [1.54, 1.807) is 24.3 Å². The fourth-order valence-electron chi connectivity index (χ4n) is 1.38. The van der Waals surface area contributed by atoms with Gasteiger partial charge in [0.2, 0.25) is 0 Å². The lowest BCUT2D eigenvalue weighted by molar-refractivity contribution is 0.628. The van der Waals surface area contributed by atoms with Gasteiger partial charge in [0.15, 0.2) is 5.43 Å². The smallest absolute Gasteiger partial charge is 0.179 e. The van der Waals surface area contributed by atoms with E-state index in [4.69, 9.17) is 0 Å². The Balaban J connectivity index is 2.55. The van der Waals surface area contributed by atoms with E-state index >= 15 is 0 Å². The van der Waals surface area contributed by atoms with Crippen LogP contribution in [0.15, 0.2) is 59.4 Å². The maximum atomic E-state index is 12.7. The Morgan fingerprint density at radius 2 is 1.47 bits per heavy atom. The van der Waals surface area contributed by atoms with Gasteiger partial charge in [0, 0.05) is 0 Å². The highest BCUT2D eigenvalue weighted by Crippen LogP contribution is 2.16. The summed E-state index contributed by atoms with van der Waals surface area (Å²) < 4.78 is 12.7. The first-order chi connectivity index (χ1) is 7.25. The van der Waals surface area contributed by atoms with Crippen LogP contribution in [-0.4, -0.2) is 0 Å². The van der Waals surface area contributed by atoms with Gasteiger partial charge in [-0.25, -0.2) is 4.39 Å². The number of hydrogen-bond acceptors (Lipinski definition) is 1. The molecule has 0 amide bonds. The Morgan fingerprint density at radius 3 is 2.20 bits per heavy atom. The third-order valence-electron chi connectivity index (χ3n) is 2.12. The quantitative estimate of drug-likeness (QED) is 0.691. The van der Waals surface area contributed by atoms with E-state index in [1.807, 2.05) is 6.07 Å². The van der Waals surface area contributed by atoms with Gasteiger partial charge >= 0.3 is 0 Å². The molecule has 0 unspecified atom stereocenters. The highest BCUT2D eigenvalue weighted by Gasteiger charge is 1.96. The van der Waals surface area contributed by atoms with Crippen LogP contribution in [0, 0.1) is 5.82 Å². The first-order valence-corrected chi connectivity index (χ1v) is 4.62. The molecule has 1 nitrogen and oxygen atoms in total. The predicted molar refractivity (Wildman–Crippen MR) is 58.1 cm³/mol. The molecule has 0 aliphatic carbocycles. The highest BCUT2D eigenvalue weighted by atomic mass is 19.1. The Labute approximate surface area is 86.8 Å². The topological polar surface area (TPSA) is 17.1 Å². The molecule has 2 rings (SSSR count). The van der Waals surface area contributed by atoms with Gasteiger partial charge in [0.05, 0.1) is 0 Å². The standard InChI is InChI=1S/C13H9FO/c14-12-7-5-10(6-8-12)11-3-1-2-4-13(15)9-11/h1-9H. The summed E-state index contributed by atoms with van der Waals surface area (Å²) in [4.78, 5) is 11.3. The number of benzene rings is 1. The van der Waals surface area contributed by atoms with Crippen molar-refractivity contribution < 1.29 is 4.39 Å². The van der Waals surface area contributed by atoms with E-state index < -0.39 is 0 Å². The van der Waals surface area contributed by atoms with Crippen LogP contribution in [0.2, 0.25) is 0 Å². The molecule has 2 aromatic carbocycles. The van der Waals surface area contributed by atoms with Crippen LogP contribution in [0.5, 0.6) is 0 Å². The zero-order valence-electron chi connectivity index (χ0n) is 7.98. The number of rotatable bonds is 1. The van der Waals surface area contributed by atoms with Crippen molar-refractivity contribution in [1.29, 1.82) is 0 Å². The average Bonchev–Trinajstić information content (AvgIpc) is 2.44. The van der Waals surface area contributed by atoms with Crippen LogP contribution < -0.4 is 5.43 Å². The van der Waals surface area contributed by atoms with E-state index in [-0.39, 0.29) is 11.2 Å². The van der Waals surface area contributed by atoms with Gasteiger partial charge in [-0.2, -0.15) is 0 Å². The van der Waals surface area contributed by atoms with E-state index in [0.29, 0.717) is 0 Å². The highest BCUT2D eigenvalue weighted by molar-refractivity contribution is 5.62. The molecule has 2 aromatic rings. The zero-order valence-corrected chi connectivity index (χ0v) is 7.98. The van der Waals surface area contributed by atoms with Crippen LogP contribution in [0.3, 0.4) is 0 Å². The molecule has 2 heteroatoms. The molecule has 15 heavy (non-hydrogen) atoms. The van der Waals surface area contributed by atoms with Crippen molar-refractivity contribution in [3.05, 3.63) is 70.6 Å². The maximum Gasteiger partial charge on any atom is 0.179 e. The molecule has 0 saturated carbocycles. The molecule has 0 aliphatic rings. The summed E-state index contributed by atoms with van der Waals surface area (Å²) in [6.07, 6.45) is 0. The van der Waals surface area contributed by atoms with Gasteiger partial charge in [-0.05, 0) is 35.4 Å². The van der Waals surface area contributed by atoms with Crippen molar-refractivity contribution in [1.82, 2.24) is 0 Å². The van der Waals surface area contributed by atoms with E-state index in [2.05, 4.69) is 0 Å². The Hall–Kier alpha value is -1.96. The van der Waals surface area contributed by atoms with Gasteiger partial charge in [-0.3, -0.25) is 4.79 Å². The summed E-state index contributed by atoms with van der Waals surface area (Å²) in [5.74, 6) is -0.276. The van der Waals surface area contributed by atoms with Crippen LogP contribution in [0.1, 0.15) is 0 Å². The Kier molecular flexibility index (Phi) is 2.59. The van der Waals surface area contributed by atoms with E-state index in [1.165, 1.54) is 24.3 Å². The summed E-state index contributed by atoms with van der Waals surface area (Å²) in [6, 6.07) is 14.4. The van der Waals surface area contributed by atoms with Crippen molar-refractivity contribution in [3.8, 4) is 11.1 Å². The maximum absolute atomic E-state index is 12.7. The molecule has 0 saturated heterocycles. The zero-order chi connectivity index (χ0) is 10.7. The summed E-state index contributed by atoms with van der Waals surface area (Å²) in [6.45, 7) is 0. The normalized spacial score (nSPS) is 9.93. The van der Waals surface area contributed by atoms with Gasteiger partial charge < -0.3 is 0 Å². The van der Waals surface area contributed by atoms with E-state index in [0.717, 1.165) is 11.1 Å². The van der Waals surface area contributed by atoms with E-state index in [9.17, 15) is 9.18 Å². The molecule has 0 radical (unpaired) electrons. The lowest BCUT2D eigenvalue weighted by Crippen LogP contribution is -1.90. The molecule has 0 fully saturated rings. The molecule has 0 spiro atoms. The minimum absolute atomic E-state index is 0.0562. The monoisotopic (exact) mass is 200 g/mol.